The molecule has 11 rings (SSSR count). The molecule has 1 aliphatic carbocycles. The maximum atomic E-state index is 6.82. The molecule has 2 atom stereocenters. The van der Waals surface area contributed by atoms with Gasteiger partial charge in [0.2, 0.25) is 0 Å². The van der Waals surface area contributed by atoms with Crippen molar-refractivity contribution in [3.05, 3.63) is 182 Å². The normalized spacial score (nSPS) is 17.8. The molecule has 0 spiro atoms. The van der Waals surface area contributed by atoms with Crippen LogP contribution >= 0.6 is 0 Å². The Morgan fingerprint density at radius 1 is 0.558 bits per heavy atom. The van der Waals surface area contributed by atoms with E-state index in [1.807, 2.05) is 0 Å². The van der Waals surface area contributed by atoms with Crippen molar-refractivity contribution in [2.45, 2.75) is 18.4 Å². The third-order valence-electron chi connectivity index (χ3n) is 11.2. The molecule has 0 bridgehead atoms. The van der Waals surface area contributed by atoms with Crippen LogP contribution in [0.15, 0.2) is 176 Å². The van der Waals surface area contributed by atoms with Gasteiger partial charge < -0.3 is 9.30 Å². The molecule has 1 aliphatic heterocycles. The van der Waals surface area contributed by atoms with Gasteiger partial charge in [0, 0.05) is 38.2 Å². The van der Waals surface area contributed by atoms with Gasteiger partial charge in [0.25, 0.3) is 0 Å². The summed E-state index contributed by atoms with van der Waals surface area (Å²) in [5.74, 6) is 1.87. The Labute approximate surface area is 301 Å². The van der Waals surface area contributed by atoms with Crippen molar-refractivity contribution >= 4 is 49.3 Å². The highest BCUT2D eigenvalue weighted by atomic mass is 16.5. The Balaban J connectivity index is 1.22. The van der Waals surface area contributed by atoms with E-state index in [1.165, 1.54) is 32.6 Å². The van der Waals surface area contributed by atoms with Crippen molar-refractivity contribution in [1.29, 1.82) is 0 Å². The number of allylic oxidation sites excluding steroid dienone is 2. The molecule has 9 aromatic rings. The van der Waals surface area contributed by atoms with Crippen LogP contribution in [-0.2, 0) is 5.41 Å². The summed E-state index contributed by atoms with van der Waals surface area (Å²) in [7, 11) is 0. The molecule has 2 unspecified atom stereocenters. The fourth-order valence-corrected chi connectivity index (χ4v) is 8.83. The van der Waals surface area contributed by atoms with E-state index in [1.54, 1.807) is 0 Å². The number of benzene rings is 6. The topological polar surface area (TPSA) is 32.0 Å². The minimum Gasteiger partial charge on any atom is -0.483 e. The zero-order valence-corrected chi connectivity index (χ0v) is 28.6. The van der Waals surface area contributed by atoms with Crippen LogP contribution in [0, 0.1) is 0 Å². The van der Waals surface area contributed by atoms with Crippen LogP contribution in [0.25, 0.3) is 77.5 Å². The van der Waals surface area contributed by atoms with Gasteiger partial charge >= 0.3 is 0 Å². The van der Waals surface area contributed by atoms with Gasteiger partial charge in [-0.25, -0.2) is 4.98 Å². The number of hydrogen-bond acceptors (Lipinski definition) is 2. The van der Waals surface area contributed by atoms with E-state index in [0.29, 0.717) is 0 Å². The smallest absolute Gasteiger partial charge is 0.152 e. The minimum absolute atomic E-state index is 0.163. The number of rotatable bonds is 4. The number of pyridine rings is 1. The monoisotopic (exact) mass is 667 g/mol. The molecule has 0 saturated heterocycles. The van der Waals surface area contributed by atoms with Gasteiger partial charge in [0.15, 0.2) is 6.10 Å². The van der Waals surface area contributed by atoms with Crippen LogP contribution in [0.2, 0.25) is 0 Å². The Hall–Kier alpha value is -6.65. The summed E-state index contributed by atoms with van der Waals surface area (Å²) in [6.45, 7) is 2.30. The first-order valence-electron chi connectivity index (χ1n) is 17.9. The maximum absolute atomic E-state index is 6.82. The zero-order valence-electron chi connectivity index (χ0n) is 28.6. The van der Waals surface area contributed by atoms with E-state index in [2.05, 4.69) is 192 Å². The van der Waals surface area contributed by atoms with Crippen LogP contribution in [0.3, 0.4) is 0 Å². The lowest BCUT2D eigenvalue weighted by Crippen LogP contribution is -2.37. The maximum Gasteiger partial charge on any atom is 0.152 e. The van der Waals surface area contributed by atoms with Gasteiger partial charge in [-0.2, -0.15) is 0 Å². The third kappa shape index (κ3) is 4.00. The highest BCUT2D eigenvalue weighted by Gasteiger charge is 2.47. The number of hydrogen-bond donors (Lipinski definition) is 0. The lowest BCUT2D eigenvalue weighted by Gasteiger charge is -2.32. The first kappa shape index (κ1) is 29.1. The predicted octanol–water partition coefficient (Wildman–Crippen LogP) is 11.8. The average Bonchev–Trinajstić information content (AvgIpc) is 3.83. The molecule has 52 heavy (non-hydrogen) atoms. The largest absolute Gasteiger partial charge is 0.483 e. The Kier molecular flexibility index (Phi) is 6.12. The van der Waals surface area contributed by atoms with Crippen molar-refractivity contribution in [3.63, 3.8) is 0 Å². The van der Waals surface area contributed by atoms with E-state index >= 15 is 0 Å². The molecule has 4 heteroatoms. The quantitative estimate of drug-likeness (QED) is 0.187. The van der Waals surface area contributed by atoms with Gasteiger partial charge in [-0.1, -0.05) is 127 Å². The van der Waals surface area contributed by atoms with Crippen LogP contribution in [0.1, 0.15) is 12.5 Å². The molecule has 0 N–H and O–H groups in total. The second kappa shape index (κ2) is 10.9. The molecule has 0 saturated carbocycles. The Bertz CT molecular complexity index is 2950. The number of fused-ring (bicyclic) bond motifs is 10. The average molecular weight is 668 g/mol. The molecule has 4 nitrogen and oxygen atoms in total. The molecule has 246 valence electrons. The first-order chi connectivity index (χ1) is 25.7. The second-order valence-corrected chi connectivity index (χ2v) is 14.1. The van der Waals surface area contributed by atoms with Crippen LogP contribution in [0.5, 0.6) is 5.75 Å². The molecular formula is C48H33N3O. The van der Waals surface area contributed by atoms with Gasteiger partial charge in [0.05, 0.1) is 38.9 Å². The molecular weight excluding hydrogens is 635 g/mol. The van der Waals surface area contributed by atoms with E-state index in [0.717, 1.165) is 56.2 Å². The zero-order chi connectivity index (χ0) is 34.4. The Morgan fingerprint density at radius 2 is 1.15 bits per heavy atom. The highest BCUT2D eigenvalue weighted by Crippen LogP contribution is 2.51. The van der Waals surface area contributed by atoms with Crippen molar-refractivity contribution in [3.8, 4) is 34.0 Å². The predicted molar refractivity (Wildman–Crippen MR) is 214 cm³/mol. The lowest BCUT2D eigenvalue weighted by molar-refractivity contribution is 0.232. The molecule has 0 radical (unpaired) electrons. The minimum atomic E-state index is -0.276. The summed E-state index contributed by atoms with van der Waals surface area (Å²) in [6, 6.07) is 56.1. The van der Waals surface area contributed by atoms with E-state index < -0.39 is 0 Å². The van der Waals surface area contributed by atoms with Crippen LogP contribution < -0.4 is 4.74 Å². The van der Waals surface area contributed by atoms with Crippen molar-refractivity contribution in [2.24, 2.45) is 0 Å². The van der Waals surface area contributed by atoms with E-state index in [9.17, 15) is 0 Å². The standard InChI is InChI=1S/C48H33N3O/c1-48-30-14-24-42(46(48)52-43-25-13-10-21-36(43)48)50-38-22-11-8-19-34(38)44-40(50)28-29-41-45(44)35-20-9-12-23-39(35)51(41)47-33(31-15-4-2-5-16-31)26-27-37(49-47)32-17-6-3-7-18-32/h2-30,46H,1H3. The lowest BCUT2D eigenvalue weighted by atomic mass is 9.75. The summed E-state index contributed by atoms with van der Waals surface area (Å²) in [6.07, 6.45) is 6.58. The van der Waals surface area contributed by atoms with Crippen molar-refractivity contribution in [1.82, 2.24) is 14.1 Å². The molecule has 0 fully saturated rings. The van der Waals surface area contributed by atoms with Gasteiger partial charge in [-0.15, -0.1) is 0 Å². The number of nitrogens with zero attached hydrogens (tertiary/aromatic N) is 3. The third-order valence-corrected chi connectivity index (χ3v) is 11.2. The summed E-state index contributed by atoms with van der Waals surface area (Å²) in [5.41, 5.74) is 10.9. The number of para-hydroxylation sites is 3. The van der Waals surface area contributed by atoms with E-state index in [-0.39, 0.29) is 11.5 Å². The fraction of sp³-hybridized carbons (Fsp3) is 0.0625. The van der Waals surface area contributed by atoms with Crippen molar-refractivity contribution in [2.75, 3.05) is 0 Å². The SMILES string of the molecule is CC12C=CC=C(n3c4ccccc4c4c5c6ccccc6n(-c6nc(-c7ccccc7)ccc6-c6ccccc6)c5ccc43)C1Oc1ccccc12. The molecule has 3 aromatic heterocycles. The Morgan fingerprint density at radius 3 is 1.88 bits per heavy atom. The molecule has 0 amide bonds. The molecule has 6 aromatic carbocycles. The molecule has 4 heterocycles. The van der Waals surface area contributed by atoms with E-state index in [4.69, 9.17) is 9.72 Å². The first-order valence-corrected chi connectivity index (χ1v) is 17.9. The highest BCUT2D eigenvalue weighted by molar-refractivity contribution is 6.29. The fourth-order valence-electron chi connectivity index (χ4n) is 8.83. The number of aromatic nitrogens is 3. The van der Waals surface area contributed by atoms with Crippen LogP contribution in [0.4, 0.5) is 0 Å². The van der Waals surface area contributed by atoms with Crippen LogP contribution in [-0.4, -0.2) is 20.2 Å². The summed E-state index contributed by atoms with van der Waals surface area (Å²) in [4.78, 5) is 5.47. The molecule has 2 aliphatic rings. The summed E-state index contributed by atoms with van der Waals surface area (Å²) < 4.78 is 11.6. The number of ether oxygens (including phenoxy) is 1. The summed E-state index contributed by atoms with van der Waals surface area (Å²) >= 11 is 0. The summed E-state index contributed by atoms with van der Waals surface area (Å²) in [5, 5.41) is 4.87. The van der Waals surface area contributed by atoms with Crippen molar-refractivity contribution < 1.29 is 4.74 Å². The van der Waals surface area contributed by atoms with Gasteiger partial charge in [0.1, 0.15) is 11.6 Å². The van der Waals surface area contributed by atoms with Gasteiger partial charge in [-0.3, -0.25) is 4.57 Å². The van der Waals surface area contributed by atoms with Gasteiger partial charge in [-0.05, 0) is 61.0 Å². The second-order valence-electron chi connectivity index (χ2n) is 14.1.